The van der Waals surface area contributed by atoms with E-state index in [9.17, 15) is 4.79 Å². The Morgan fingerprint density at radius 1 is 1.21 bits per heavy atom. The van der Waals surface area contributed by atoms with Crippen LogP contribution in [0.2, 0.25) is 0 Å². The summed E-state index contributed by atoms with van der Waals surface area (Å²) < 4.78 is 0. The molecule has 1 aromatic heterocycles. The highest BCUT2D eigenvalue weighted by Crippen LogP contribution is 2.30. The number of rotatable bonds is 2. The zero-order valence-corrected chi connectivity index (χ0v) is 12.1. The summed E-state index contributed by atoms with van der Waals surface area (Å²) in [6.07, 6.45) is 5.73. The molecule has 2 fully saturated rings. The molecule has 1 unspecified atom stereocenters. The van der Waals surface area contributed by atoms with Crippen LogP contribution in [0, 0.1) is 0 Å². The molecule has 2 aliphatic heterocycles. The van der Waals surface area contributed by atoms with Crippen molar-refractivity contribution < 1.29 is 4.79 Å². The van der Waals surface area contributed by atoms with Gasteiger partial charge in [-0.1, -0.05) is 0 Å². The lowest BCUT2D eigenvalue weighted by Crippen LogP contribution is -2.48. The largest absolute Gasteiger partial charge is 0.355 e. The molecule has 104 valence electrons. The third-order valence-electron chi connectivity index (χ3n) is 4.49. The van der Waals surface area contributed by atoms with Gasteiger partial charge in [0, 0.05) is 6.54 Å². The molecule has 1 atom stereocenters. The first kappa shape index (κ1) is 13.1. The number of carbonyl (C=O) groups excluding carboxylic acids is 1. The molecule has 19 heavy (non-hydrogen) atoms. The lowest BCUT2D eigenvalue weighted by molar-refractivity contribution is -0.126. The van der Waals surface area contributed by atoms with Crippen LogP contribution < -0.4 is 5.32 Å². The highest BCUT2D eigenvalue weighted by Gasteiger charge is 2.30. The van der Waals surface area contributed by atoms with E-state index < -0.39 is 0 Å². The first-order valence-corrected chi connectivity index (χ1v) is 8.33. The lowest BCUT2D eigenvalue weighted by atomic mass is 9.90. The summed E-state index contributed by atoms with van der Waals surface area (Å²) in [4.78, 5) is 14.5. The van der Waals surface area contributed by atoms with Gasteiger partial charge in [-0.2, -0.15) is 11.3 Å². The molecular weight excluding hydrogens is 256 g/mol. The smallest absolute Gasteiger partial charge is 0.237 e. The Morgan fingerprint density at radius 3 is 2.79 bits per heavy atom. The van der Waals surface area contributed by atoms with Crippen molar-refractivity contribution in [2.45, 2.75) is 44.1 Å². The number of thiophene rings is 1. The van der Waals surface area contributed by atoms with Crippen LogP contribution in [0.4, 0.5) is 0 Å². The van der Waals surface area contributed by atoms with Crippen LogP contribution in [0.5, 0.6) is 0 Å². The zero-order valence-electron chi connectivity index (χ0n) is 11.3. The van der Waals surface area contributed by atoms with Gasteiger partial charge in [0.15, 0.2) is 0 Å². The van der Waals surface area contributed by atoms with Gasteiger partial charge in [-0.05, 0) is 73.5 Å². The number of hydrogen-bond acceptors (Lipinski definition) is 3. The van der Waals surface area contributed by atoms with Gasteiger partial charge in [-0.25, -0.2) is 0 Å². The second-order valence-electron chi connectivity index (χ2n) is 5.67. The van der Waals surface area contributed by atoms with Crippen molar-refractivity contribution in [1.29, 1.82) is 0 Å². The minimum Gasteiger partial charge on any atom is -0.355 e. The Labute approximate surface area is 119 Å². The molecular formula is C15H22N2OS. The van der Waals surface area contributed by atoms with Gasteiger partial charge in [-0.15, -0.1) is 0 Å². The second kappa shape index (κ2) is 6.06. The van der Waals surface area contributed by atoms with Gasteiger partial charge < -0.3 is 5.32 Å². The average Bonchev–Trinajstić information content (AvgIpc) is 2.89. The van der Waals surface area contributed by atoms with Gasteiger partial charge in [0.05, 0.1) is 6.04 Å². The normalized spacial score (nSPS) is 26.9. The summed E-state index contributed by atoms with van der Waals surface area (Å²) in [5.41, 5.74) is 1.50. The molecule has 3 rings (SSSR count). The van der Waals surface area contributed by atoms with E-state index in [0.717, 1.165) is 32.5 Å². The third kappa shape index (κ3) is 3.00. The highest BCUT2D eigenvalue weighted by molar-refractivity contribution is 7.07. The zero-order chi connectivity index (χ0) is 13.1. The Hall–Kier alpha value is -0.870. The van der Waals surface area contributed by atoms with Crippen LogP contribution in [-0.2, 0) is 4.79 Å². The topological polar surface area (TPSA) is 32.3 Å². The van der Waals surface area contributed by atoms with Crippen molar-refractivity contribution in [3.63, 3.8) is 0 Å². The van der Waals surface area contributed by atoms with Crippen LogP contribution in [-0.4, -0.2) is 36.5 Å². The van der Waals surface area contributed by atoms with Crippen LogP contribution in [0.15, 0.2) is 16.8 Å². The molecule has 1 aromatic rings. The van der Waals surface area contributed by atoms with Crippen LogP contribution in [0.1, 0.15) is 43.6 Å². The molecule has 0 aliphatic carbocycles. The fraction of sp³-hybridized carbons (Fsp3) is 0.667. The van der Waals surface area contributed by atoms with Crippen molar-refractivity contribution in [2.75, 3.05) is 19.6 Å². The van der Waals surface area contributed by atoms with Crippen LogP contribution in [0.3, 0.4) is 0 Å². The summed E-state index contributed by atoms with van der Waals surface area (Å²) in [5.74, 6) is 0.961. The fourth-order valence-electron chi connectivity index (χ4n) is 3.32. The Kier molecular flexibility index (Phi) is 4.18. The summed E-state index contributed by atoms with van der Waals surface area (Å²) >= 11 is 1.79. The molecule has 3 heterocycles. The lowest BCUT2D eigenvalue weighted by Gasteiger charge is -2.36. The van der Waals surface area contributed by atoms with E-state index in [4.69, 9.17) is 0 Å². The Bertz CT molecular complexity index is 410. The van der Waals surface area contributed by atoms with E-state index in [-0.39, 0.29) is 11.9 Å². The maximum Gasteiger partial charge on any atom is 0.237 e. The van der Waals surface area contributed by atoms with Crippen molar-refractivity contribution in [3.8, 4) is 0 Å². The second-order valence-corrected chi connectivity index (χ2v) is 6.45. The SMILES string of the molecule is O=C1NCCCCC1N1CCC(c2ccsc2)CC1. The Morgan fingerprint density at radius 2 is 2.05 bits per heavy atom. The van der Waals surface area contributed by atoms with E-state index in [1.807, 2.05) is 0 Å². The number of amides is 1. The summed E-state index contributed by atoms with van der Waals surface area (Å²) in [6.45, 7) is 3.00. The molecule has 0 radical (unpaired) electrons. The fourth-order valence-corrected chi connectivity index (χ4v) is 4.07. The highest BCUT2D eigenvalue weighted by atomic mass is 32.1. The molecule has 3 nitrogen and oxygen atoms in total. The van der Waals surface area contributed by atoms with E-state index in [1.54, 1.807) is 11.3 Å². The molecule has 0 saturated carbocycles. The third-order valence-corrected chi connectivity index (χ3v) is 5.19. The molecule has 4 heteroatoms. The van der Waals surface area contributed by atoms with Gasteiger partial charge in [0.2, 0.25) is 5.91 Å². The number of nitrogens with one attached hydrogen (secondary N) is 1. The maximum absolute atomic E-state index is 12.1. The summed E-state index contributed by atoms with van der Waals surface area (Å²) in [6, 6.07) is 2.38. The van der Waals surface area contributed by atoms with Crippen molar-refractivity contribution in [2.24, 2.45) is 0 Å². The van der Waals surface area contributed by atoms with Gasteiger partial charge in [0.25, 0.3) is 0 Å². The molecule has 2 aliphatic rings. The van der Waals surface area contributed by atoms with Gasteiger partial charge in [-0.3, -0.25) is 9.69 Å². The minimum atomic E-state index is 0.130. The van der Waals surface area contributed by atoms with E-state index >= 15 is 0 Å². The predicted octanol–water partition coefficient (Wildman–Crippen LogP) is 2.60. The first-order chi connectivity index (χ1) is 9.34. The summed E-state index contributed by atoms with van der Waals surface area (Å²) in [7, 11) is 0. The summed E-state index contributed by atoms with van der Waals surface area (Å²) in [5, 5.41) is 7.50. The van der Waals surface area contributed by atoms with Gasteiger partial charge >= 0.3 is 0 Å². The van der Waals surface area contributed by atoms with E-state index in [1.165, 1.54) is 24.8 Å². The minimum absolute atomic E-state index is 0.130. The van der Waals surface area contributed by atoms with Crippen molar-refractivity contribution in [3.05, 3.63) is 22.4 Å². The predicted molar refractivity (Wildman–Crippen MR) is 78.5 cm³/mol. The number of carbonyl (C=O) groups is 1. The molecule has 0 bridgehead atoms. The number of piperidine rings is 1. The number of likely N-dealkylation sites (tertiary alicyclic amines) is 1. The van der Waals surface area contributed by atoms with E-state index in [0.29, 0.717) is 5.92 Å². The van der Waals surface area contributed by atoms with Crippen molar-refractivity contribution >= 4 is 17.2 Å². The molecule has 0 spiro atoms. The number of hydrogen-bond donors (Lipinski definition) is 1. The van der Waals surface area contributed by atoms with Crippen LogP contribution >= 0.6 is 11.3 Å². The monoisotopic (exact) mass is 278 g/mol. The first-order valence-electron chi connectivity index (χ1n) is 7.38. The van der Waals surface area contributed by atoms with E-state index in [2.05, 4.69) is 27.0 Å². The Balaban J connectivity index is 1.58. The average molecular weight is 278 g/mol. The molecule has 1 amide bonds. The maximum atomic E-state index is 12.1. The molecule has 2 saturated heterocycles. The van der Waals surface area contributed by atoms with Crippen LogP contribution in [0.25, 0.3) is 0 Å². The molecule has 0 aromatic carbocycles. The van der Waals surface area contributed by atoms with Crippen molar-refractivity contribution in [1.82, 2.24) is 10.2 Å². The quantitative estimate of drug-likeness (QED) is 0.902. The van der Waals surface area contributed by atoms with Gasteiger partial charge in [0.1, 0.15) is 0 Å². The molecule has 1 N–H and O–H groups in total. The number of nitrogens with zero attached hydrogens (tertiary/aromatic N) is 1. The standard InChI is InChI=1S/C15H22N2OS/c18-15-14(3-1-2-7-16-15)17-8-4-12(5-9-17)13-6-10-19-11-13/h6,10-12,14H,1-5,7-9H2,(H,16,18).